The summed E-state index contributed by atoms with van der Waals surface area (Å²) in [5.74, 6) is 0.438. The molecule has 0 bridgehead atoms. The van der Waals surface area contributed by atoms with E-state index in [4.69, 9.17) is 0 Å². The van der Waals surface area contributed by atoms with Gasteiger partial charge in [0.1, 0.15) is 0 Å². The Balaban J connectivity index is 1.64. The highest BCUT2D eigenvalue weighted by molar-refractivity contribution is 6.23. The molecular weight excluding hydrogens is 306 g/mol. The molecule has 5 rings (SSSR count). The van der Waals surface area contributed by atoms with Crippen molar-refractivity contribution in [3.8, 4) is 0 Å². The number of hydrogen-bond acceptors (Lipinski definition) is 2. The molecule has 2 nitrogen and oxygen atoms in total. The van der Waals surface area contributed by atoms with Gasteiger partial charge in [0.25, 0.3) is 0 Å². The van der Waals surface area contributed by atoms with Crippen LogP contribution in [0.15, 0.2) is 54.6 Å². The van der Waals surface area contributed by atoms with Gasteiger partial charge in [-0.05, 0) is 63.2 Å². The van der Waals surface area contributed by atoms with E-state index >= 15 is 0 Å². The van der Waals surface area contributed by atoms with Crippen LogP contribution in [0.25, 0.3) is 32.3 Å². The zero-order valence-electron chi connectivity index (χ0n) is 14.4. The van der Waals surface area contributed by atoms with Crippen LogP contribution in [-0.2, 0) is 6.54 Å². The Labute approximate surface area is 148 Å². The molecule has 4 aromatic carbocycles. The standard InChI is InChI=1S/C23H23NO/c25-15-16-3-2-12-24(13-16)14-20-9-8-19-7-6-17-4-1-5-18-10-11-21(20)23(19)22(17)18/h1,4-11,16,25H,2-3,12-15H2. The van der Waals surface area contributed by atoms with E-state index in [0.717, 1.165) is 26.1 Å². The number of nitrogens with zero attached hydrogens (tertiary/aromatic N) is 1. The Hall–Kier alpha value is -2.16. The van der Waals surface area contributed by atoms with Gasteiger partial charge in [-0.2, -0.15) is 0 Å². The smallest absolute Gasteiger partial charge is 0.0471 e. The van der Waals surface area contributed by atoms with Crippen LogP contribution < -0.4 is 0 Å². The van der Waals surface area contributed by atoms with Crippen LogP contribution in [0, 0.1) is 5.92 Å². The van der Waals surface area contributed by atoms with Gasteiger partial charge in [-0.1, -0.05) is 54.6 Å². The molecule has 0 aliphatic carbocycles. The maximum Gasteiger partial charge on any atom is 0.0471 e. The van der Waals surface area contributed by atoms with Crippen molar-refractivity contribution in [2.45, 2.75) is 19.4 Å². The average Bonchev–Trinajstić information content (AvgIpc) is 2.67. The number of piperidine rings is 1. The quantitative estimate of drug-likeness (QED) is 0.546. The molecule has 25 heavy (non-hydrogen) atoms. The molecule has 2 heteroatoms. The molecule has 1 aliphatic heterocycles. The highest BCUT2D eigenvalue weighted by Crippen LogP contribution is 2.36. The van der Waals surface area contributed by atoms with E-state index < -0.39 is 0 Å². The van der Waals surface area contributed by atoms with Crippen LogP contribution in [0.2, 0.25) is 0 Å². The zero-order chi connectivity index (χ0) is 16.8. The van der Waals surface area contributed by atoms with Crippen molar-refractivity contribution >= 4 is 32.3 Å². The largest absolute Gasteiger partial charge is 0.396 e. The SMILES string of the molecule is OCC1CCCN(Cc2ccc3ccc4cccc5ccc2c3c45)C1. The van der Waals surface area contributed by atoms with Gasteiger partial charge in [0.2, 0.25) is 0 Å². The minimum Gasteiger partial charge on any atom is -0.396 e. The second-order valence-electron chi connectivity index (χ2n) is 7.51. The van der Waals surface area contributed by atoms with Gasteiger partial charge in [0.05, 0.1) is 0 Å². The highest BCUT2D eigenvalue weighted by atomic mass is 16.3. The fourth-order valence-corrected chi connectivity index (χ4v) is 4.62. The number of likely N-dealkylation sites (tertiary alicyclic amines) is 1. The van der Waals surface area contributed by atoms with Gasteiger partial charge in [-0.25, -0.2) is 0 Å². The van der Waals surface area contributed by atoms with Crippen LogP contribution in [0.1, 0.15) is 18.4 Å². The fourth-order valence-electron chi connectivity index (χ4n) is 4.62. The van der Waals surface area contributed by atoms with Crippen molar-refractivity contribution in [1.29, 1.82) is 0 Å². The van der Waals surface area contributed by atoms with E-state index in [1.807, 2.05) is 0 Å². The lowest BCUT2D eigenvalue weighted by molar-refractivity contribution is 0.116. The van der Waals surface area contributed by atoms with E-state index in [0.29, 0.717) is 12.5 Å². The number of hydrogen-bond donors (Lipinski definition) is 1. The normalized spacial score (nSPS) is 19.3. The Bertz CT molecular complexity index is 1020. The number of rotatable bonds is 3. The molecule has 0 spiro atoms. The third-order valence-corrected chi connectivity index (χ3v) is 5.87. The van der Waals surface area contributed by atoms with Crippen molar-refractivity contribution in [3.63, 3.8) is 0 Å². The van der Waals surface area contributed by atoms with E-state index in [2.05, 4.69) is 59.5 Å². The molecule has 1 fully saturated rings. The lowest BCUT2D eigenvalue weighted by Crippen LogP contribution is -2.36. The van der Waals surface area contributed by atoms with Crippen LogP contribution in [0.4, 0.5) is 0 Å². The van der Waals surface area contributed by atoms with Gasteiger partial charge in [-0.3, -0.25) is 4.90 Å². The van der Waals surface area contributed by atoms with Crippen molar-refractivity contribution in [3.05, 3.63) is 60.2 Å². The van der Waals surface area contributed by atoms with Gasteiger partial charge in [-0.15, -0.1) is 0 Å². The van der Waals surface area contributed by atoms with Gasteiger partial charge < -0.3 is 5.11 Å². The molecule has 1 N–H and O–H groups in total. The Morgan fingerprint density at radius 3 is 2.40 bits per heavy atom. The molecule has 0 amide bonds. The summed E-state index contributed by atoms with van der Waals surface area (Å²) in [5, 5.41) is 17.7. The zero-order valence-corrected chi connectivity index (χ0v) is 14.4. The molecule has 0 radical (unpaired) electrons. The average molecular weight is 329 g/mol. The first-order chi connectivity index (χ1) is 12.3. The van der Waals surface area contributed by atoms with Crippen molar-refractivity contribution in [1.82, 2.24) is 4.90 Å². The topological polar surface area (TPSA) is 23.5 Å². The van der Waals surface area contributed by atoms with Crippen LogP contribution in [0.5, 0.6) is 0 Å². The molecule has 0 saturated carbocycles. The van der Waals surface area contributed by atoms with Crippen LogP contribution in [0.3, 0.4) is 0 Å². The maximum absolute atomic E-state index is 9.51. The number of benzene rings is 4. The molecule has 1 saturated heterocycles. The number of aliphatic hydroxyl groups is 1. The second-order valence-corrected chi connectivity index (χ2v) is 7.51. The molecule has 1 heterocycles. The first kappa shape index (κ1) is 15.1. The third kappa shape index (κ3) is 2.48. The van der Waals surface area contributed by atoms with E-state index in [1.165, 1.54) is 44.3 Å². The predicted molar refractivity (Wildman–Crippen MR) is 105 cm³/mol. The highest BCUT2D eigenvalue weighted by Gasteiger charge is 2.20. The van der Waals surface area contributed by atoms with E-state index in [-0.39, 0.29) is 0 Å². The van der Waals surface area contributed by atoms with Crippen molar-refractivity contribution < 1.29 is 5.11 Å². The fraction of sp³-hybridized carbons (Fsp3) is 0.304. The van der Waals surface area contributed by atoms with Gasteiger partial charge >= 0.3 is 0 Å². The van der Waals surface area contributed by atoms with E-state index in [1.54, 1.807) is 0 Å². The first-order valence-corrected chi connectivity index (χ1v) is 9.32. The van der Waals surface area contributed by atoms with Crippen LogP contribution in [-0.4, -0.2) is 29.7 Å². The summed E-state index contributed by atoms with van der Waals surface area (Å²) in [4.78, 5) is 2.51. The summed E-state index contributed by atoms with van der Waals surface area (Å²) in [7, 11) is 0. The summed E-state index contributed by atoms with van der Waals surface area (Å²) in [5.41, 5.74) is 1.41. The maximum atomic E-state index is 9.51. The molecule has 1 unspecified atom stereocenters. The van der Waals surface area contributed by atoms with Crippen molar-refractivity contribution in [2.75, 3.05) is 19.7 Å². The monoisotopic (exact) mass is 329 g/mol. The summed E-state index contributed by atoms with van der Waals surface area (Å²) < 4.78 is 0. The lowest BCUT2D eigenvalue weighted by atomic mass is 9.91. The minimum atomic E-state index is 0.314. The minimum absolute atomic E-state index is 0.314. The Morgan fingerprint density at radius 2 is 1.60 bits per heavy atom. The molecule has 1 atom stereocenters. The number of aliphatic hydroxyl groups excluding tert-OH is 1. The second kappa shape index (κ2) is 5.98. The summed E-state index contributed by atoms with van der Waals surface area (Å²) in [6.07, 6.45) is 2.35. The Morgan fingerprint density at radius 1 is 0.880 bits per heavy atom. The van der Waals surface area contributed by atoms with Crippen LogP contribution >= 0.6 is 0 Å². The van der Waals surface area contributed by atoms with Crippen molar-refractivity contribution in [2.24, 2.45) is 5.92 Å². The molecule has 1 aliphatic rings. The Kier molecular flexibility index (Phi) is 3.61. The predicted octanol–water partition coefficient (Wildman–Crippen LogP) is 4.79. The molecule has 126 valence electrons. The first-order valence-electron chi connectivity index (χ1n) is 9.32. The summed E-state index contributed by atoms with van der Waals surface area (Å²) >= 11 is 0. The van der Waals surface area contributed by atoms with Gasteiger partial charge in [0, 0.05) is 19.7 Å². The molecule has 0 aromatic heterocycles. The molecular formula is C23H23NO. The lowest BCUT2D eigenvalue weighted by Gasteiger charge is -2.32. The van der Waals surface area contributed by atoms with E-state index in [9.17, 15) is 5.11 Å². The van der Waals surface area contributed by atoms with Gasteiger partial charge in [0.15, 0.2) is 0 Å². The summed E-state index contributed by atoms with van der Waals surface area (Å²) in [6, 6.07) is 20.2. The molecule has 4 aromatic rings. The third-order valence-electron chi connectivity index (χ3n) is 5.87. The summed E-state index contributed by atoms with van der Waals surface area (Å²) in [6.45, 7) is 3.44.